The van der Waals surface area contributed by atoms with Crippen molar-refractivity contribution < 1.29 is 9.50 Å². The maximum absolute atomic E-state index is 14.0. The Morgan fingerprint density at radius 3 is 2.56 bits per heavy atom. The van der Waals surface area contributed by atoms with E-state index in [0.717, 1.165) is 82.4 Å². The van der Waals surface area contributed by atoms with Crippen molar-refractivity contribution in [1.29, 1.82) is 0 Å². The molecule has 4 nitrogen and oxygen atoms in total. The second-order valence-electron chi connectivity index (χ2n) is 10.5. The molecule has 2 aliphatic rings. The number of fused-ring (bicyclic) bond motifs is 1. The van der Waals surface area contributed by atoms with Gasteiger partial charge >= 0.3 is 0 Å². The van der Waals surface area contributed by atoms with Gasteiger partial charge in [-0.1, -0.05) is 37.3 Å². The normalized spacial score (nSPS) is 21.1. The van der Waals surface area contributed by atoms with Crippen LogP contribution in [0.2, 0.25) is 0 Å². The van der Waals surface area contributed by atoms with E-state index in [9.17, 15) is 9.50 Å². The highest BCUT2D eigenvalue weighted by molar-refractivity contribution is 5.84. The Morgan fingerprint density at radius 1 is 1.03 bits per heavy atom. The SMILES string of the molecule is CCCn1cc(CN2CCC3(CC2)CN(CCc2ccccc2)CC3CO)c2cc(F)ccc21. The number of piperidine rings is 1. The molecule has 2 aliphatic heterocycles. The molecule has 0 saturated carbocycles. The average Bonchev–Trinajstić information content (AvgIpc) is 3.37. The second-order valence-corrected chi connectivity index (χ2v) is 10.5. The van der Waals surface area contributed by atoms with Crippen molar-refractivity contribution in [1.82, 2.24) is 14.4 Å². The third kappa shape index (κ3) is 4.79. The summed E-state index contributed by atoms with van der Waals surface area (Å²) in [7, 11) is 0. The number of aromatic nitrogens is 1. The zero-order chi connectivity index (χ0) is 23.5. The first-order valence-corrected chi connectivity index (χ1v) is 13.0. The lowest BCUT2D eigenvalue weighted by molar-refractivity contribution is 0.0485. The molecular weight excluding hydrogens is 425 g/mol. The quantitative estimate of drug-likeness (QED) is 0.514. The van der Waals surface area contributed by atoms with Crippen LogP contribution in [0, 0.1) is 17.2 Å². The van der Waals surface area contributed by atoms with E-state index in [1.165, 1.54) is 11.1 Å². The van der Waals surface area contributed by atoms with Crippen molar-refractivity contribution in [2.45, 2.75) is 45.7 Å². The number of aliphatic hydroxyl groups excluding tert-OH is 1. The van der Waals surface area contributed by atoms with E-state index >= 15 is 0 Å². The molecule has 1 atom stereocenters. The molecule has 2 aromatic carbocycles. The van der Waals surface area contributed by atoms with E-state index in [1.807, 2.05) is 6.07 Å². The van der Waals surface area contributed by atoms with Crippen molar-refractivity contribution >= 4 is 10.9 Å². The molecule has 0 radical (unpaired) electrons. The summed E-state index contributed by atoms with van der Waals surface area (Å²) in [4.78, 5) is 5.10. The molecule has 3 aromatic rings. The molecule has 1 spiro atoms. The van der Waals surface area contributed by atoms with Gasteiger partial charge in [-0.05, 0) is 73.5 Å². The maximum atomic E-state index is 14.0. The van der Waals surface area contributed by atoms with Crippen LogP contribution in [0.1, 0.15) is 37.3 Å². The van der Waals surface area contributed by atoms with Crippen LogP contribution < -0.4 is 0 Å². The van der Waals surface area contributed by atoms with Crippen LogP contribution in [0.5, 0.6) is 0 Å². The lowest BCUT2D eigenvalue weighted by Crippen LogP contribution is -2.44. The monoisotopic (exact) mass is 463 g/mol. The van der Waals surface area contributed by atoms with E-state index in [2.05, 4.69) is 57.8 Å². The first-order valence-electron chi connectivity index (χ1n) is 13.0. The highest BCUT2D eigenvalue weighted by atomic mass is 19.1. The van der Waals surface area contributed by atoms with Gasteiger partial charge in [0.2, 0.25) is 0 Å². The van der Waals surface area contributed by atoms with Gasteiger partial charge in [-0.2, -0.15) is 0 Å². The van der Waals surface area contributed by atoms with Crippen molar-refractivity contribution in [2.24, 2.45) is 11.3 Å². The van der Waals surface area contributed by atoms with Crippen molar-refractivity contribution in [3.63, 3.8) is 0 Å². The van der Waals surface area contributed by atoms with Crippen LogP contribution in [0.15, 0.2) is 54.7 Å². The number of hydrogen-bond donors (Lipinski definition) is 1. The van der Waals surface area contributed by atoms with Crippen LogP contribution in [-0.2, 0) is 19.5 Å². The van der Waals surface area contributed by atoms with Crippen LogP contribution in [0.25, 0.3) is 10.9 Å². The highest BCUT2D eigenvalue weighted by Gasteiger charge is 2.47. The molecule has 1 unspecified atom stereocenters. The van der Waals surface area contributed by atoms with E-state index in [1.54, 1.807) is 12.1 Å². The molecule has 34 heavy (non-hydrogen) atoms. The van der Waals surface area contributed by atoms with Crippen LogP contribution in [-0.4, -0.2) is 58.8 Å². The molecule has 0 aliphatic carbocycles. The van der Waals surface area contributed by atoms with Gasteiger partial charge in [0, 0.05) is 62.3 Å². The summed E-state index contributed by atoms with van der Waals surface area (Å²) in [6, 6.07) is 15.9. The van der Waals surface area contributed by atoms with E-state index in [-0.39, 0.29) is 17.8 Å². The predicted octanol–water partition coefficient (Wildman–Crippen LogP) is 4.94. The topological polar surface area (TPSA) is 31.6 Å². The average molecular weight is 464 g/mol. The smallest absolute Gasteiger partial charge is 0.123 e. The first-order chi connectivity index (χ1) is 16.6. The number of benzene rings is 2. The predicted molar refractivity (Wildman–Crippen MR) is 136 cm³/mol. The summed E-state index contributed by atoms with van der Waals surface area (Å²) >= 11 is 0. The largest absolute Gasteiger partial charge is 0.396 e. The first kappa shape index (κ1) is 23.5. The van der Waals surface area contributed by atoms with E-state index in [0.29, 0.717) is 5.92 Å². The molecule has 182 valence electrons. The standard InChI is InChI=1S/C29H38FN3O/c1-2-13-33-19-24(27-17-26(30)8-9-28(27)33)18-31-15-11-29(12-16-31)22-32(20-25(29)21-34)14-10-23-6-4-3-5-7-23/h3-9,17,19,25,34H,2,10-16,18,20-22H2,1H3. The molecule has 0 amide bonds. The van der Waals surface area contributed by atoms with Crippen molar-refractivity contribution in [3.8, 4) is 0 Å². The zero-order valence-corrected chi connectivity index (χ0v) is 20.4. The molecule has 2 fully saturated rings. The summed E-state index contributed by atoms with van der Waals surface area (Å²) in [6.07, 6.45) is 6.62. The molecule has 1 N–H and O–H groups in total. The number of halogens is 1. The van der Waals surface area contributed by atoms with E-state index in [4.69, 9.17) is 0 Å². The van der Waals surface area contributed by atoms with Crippen LogP contribution in [0.4, 0.5) is 4.39 Å². The number of nitrogens with zero attached hydrogens (tertiary/aromatic N) is 3. The minimum absolute atomic E-state index is 0.159. The Kier molecular flexibility index (Phi) is 7.05. The molecule has 2 saturated heterocycles. The Bertz CT molecular complexity index is 1090. The van der Waals surface area contributed by atoms with Crippen LogP contribution >= 0.6 is 0 Å². The Hall–Kier alpha value is -2.21. The minimum atomic E-state index is -0.159. The van der Waals surface area contributed by atoms with Crippen LogP contribution in [0.3, 0.4) is 0 Å². The molecule has 5 heteroatoms. The fourth-order valence-electron chi connectivity index (χ4n) is 6.36. The summed E-state index contributed by atoms with van der Waals surface area (Å²) in [5.41, 5.74) is 3.98. The number of likely N-dealkylation sites (tertiary alicyclic amines) is 2. The number of aliphatic hydroxyl groups is 1. The Balaban J connectivity index is 1.23. The fourth-order valence-corrected chi connectivity index (χ4v) is 6.36. The third-order valence-electron chi connectivity index (χ3n) is 8.30. The highest BCUT2D eigenvalue weighted by Crippen LogP contribution is 2.45. The Labute approximate surface area is 203 Å². The van der Waals surface area contributed by atoms with Gasteiger partial charge in [-0.15, -0.1) is 0 Å². The van der Waals surface area contributed by atoms with Gasteiger partial charge in [-0.3, -0.25) is 4.90 Å². The van der Waals surface area contributed by atoms with Gasteiger partial charge in [0.1, 0.15) is 5.82 Å². The second kappa shape index (κ2) is 10.2. The summed E-state index contributed by atoms with van der Waals surface area (Å²) in [5, 5.41) is 11.3. The van der Waals surface area contributed by atoms with Gasteiger partial charge in [0.05, 0.1) is 0 Å². The molecule has 5 rings (SSSR count). The lowest BCUT2D eigenvalue weighted by atomic mass is 9.71. The summed E-state index contributed by atoms with van der Waals surface area (Å²) in [5.74, 6) is 0.207. The minimum Gasteiger partial charge on any atom is -0.396 e. The van der Waals surface area contributed by atoms with Gasteiger partial charge < -0.3 is 14.6 Å². The van der Waals surface area contributed by atoms with Gasteiger partial charge in [0.25, 0.3) is 0 Å². The van der Waals surface area contributed by atoms with Crippen molar-refractivity contribution in [2.75, 3.05) is 39.3 Å². The van der Waals surface area contributed by atoms with Crippen molar-refractivity contribution in [3.05, 3.63) is 71.7 Å². The number of aryl methyl sites for hydroxylation is 1. The number of rotatable bonds is 8. The summed E-state index contributed by atoms with van der Waals surface area (Å²) in [6.45, 7) is 9.54. The number of hydrogen-bond acceptors (Lipinski definition) is 3. The fraction of sp³-hybridized carbons (Fsp3) is 0.517. The maximum Gasteiger partial charge on any atom is 0.123 e. The van der Waals surface area contributed by atoms with Gasteiger partial charge in [0.15, 0.2) is 0 Å². The molecular formula is C29H38FN3O. The molecule has 3 heterocycles. The lowest BCUT2D eigenvalue weighted by Gasteiger charge is -2.42. The molecule has 0 bridgehead atoms. The van der Waals surface area contributed by atoms with Gasteiger partial charge in [-0.25, -0.2) is 4.39 Å². The molecule has 1 aromatic heterocycles. The third-order valence-corrected chi connectivity index (χ3v) is 8.30. The summed E-state index contributed by atoms with van der Waals surface area (Å²) < 4.78 is 16.3. The Morgan fingerprint density at radius 2 is 1.82 bits per heavy atom. The zero-order valence-electron chi connectivity index (χ0n) is 20.4. The van der Waals surface area contributed by atoms with E-state index < -0.39 is 0 Å².